The highest BCUT2D eigenvalue weighted by atomic mass is 16.5. The highest BCUT2D eigenvalue weighted by Gasteiger charge is 1.89. The Morgan fingerprint density at radius 3 is 2.57 bits per heavy atom. The number of allylic oxidation sites excluding steroid dienone is 1. The molecule has 0 radical (unpaired) electrons. The number of esters is 1. The smallest absolute Gasteiger partial charge is 0.302 e. The van der Waals surface area contributed by atoms with E-state index < -0.39 is 0 Å². The zero-order chi connectivity index (χ0) is 10.6. The quantitative estimate of drug-likeness (QED) is 0.281. The molecule has 0 rings (SSSR count). The summed E-state index contributed by atoms with van der Waals surface area (Å²) in [7, 11) is 0. The van der Waals surface area contributed by atoms with Gasteiger partial charge >= 0.3 is 5.97 Å². The molecule has 0 aromatic rings. The third-order valence-electron chi connectivity index (χ3n) is 1.59. The minimum atomic E-state index is -0.219. The molecule has 0 fully saturated rings. The van der Waals surface area contributed by atoms with E-state index in [9.17, 15) is 4.79 Å². The first kappa shape index (κ1) is 12.8. The Morgan fingerprint density at radius 1 is 1.36 bits per heavy atom. The number of carbonyl (C=O) groups excluding carboxylic acids is 1. The maximum Gasteiger partial charge on any atom is 0.302 e. The van der Waals surface area contributed by atoms with Gasteiger partial charge in [0.1, 0.15) is 0 Å². The van der Waals surface area contributed by atoms with E-state index in [-0.39, 0.29) is 5.97 Å². The Kier molecular flexibility index (Phi) is 8.99. The number of rotatable bonds is 6. The first-order valence-corrected chi connectivity index (χ1v) is 4.97. The standard InChI is InChI=1S/C12H18O2/c1-3-4-5-6-7-8-9-10-11-14-12(2)13/h3H,1,4-6,9-11H2,2H3. The van der Waals surface area contributed by atoms with Crippen molar-refractivity contribution in [3.05, 3.63) is 12.7 Å². The lowest BCUT2D eigenvalue weighted by Crippen LogP contribution is -1.99. The van der Waals surface area contributed by atoms with Gasteiger partial charge in [-0.15, -0.1) is 18.4 Å². The number of unbranched alkanes of at least 4 members (excludes halogenated alkanes) is 3. The van der Waals surface area contributed by atoms with Gasteiger partial charge in [-0.3, -0.25) is 4.79 Å². The van der Waals surface area contributed by atoms with E-state index in [1.54, 1.807) is 0 Å². The highest BCUT2D eigenvalue weighted by molar-refractivity contribution is 5.65. The van der Waals surface area contributed by atoms with Crippen LogP contribution in [0.2, 0.25) is 0 Å². The number of ether oxygens (including phenoxy) is 1. The Labute approximate surface area is 86.3 Å². The van der Waals surface area contributed by atoms with Crippen LogP contribution in [0, 0.1) is 11.8 Å². The van der Waals surface area contributed by atoms with Gasteiger partial charge in [0.05, 0.1) is 6.61 Å². The molecule has 0 N–H and O–H groups in total. The van der Waals surface area contributed by atoms with Crippen LogP contribution < -0.4 is 0 Å². The summed E-state index contributed by atoms with van der Waals surface area (Å²) in [5.74, 6) is 5.89. The Balaban J connectivity index is 3.17. The molecule has 0 aliphatic rings. The molecule has 0 aliphatic carbocycles. The predicted molar refractivity (Wildman–Crippen MR) is 57.7 cm³/mol. The van der Waals surface area contributed by atoms with Crippen molar-refractivity contribution < 1.29 is 9.53 Å². The van der Waals surface area contributed by atoms with Gasteiger partial charge in [0.15, 0.2) is 0 Å². The summed E-state index contributed by atoms with van der Waals surface area (Å²) in [5, 5.41) is 0. The van der Waals surface area contributed by atoms with Crippen LogP contribution in [0.25, 0.3) is 0 Å². The molecule has 0 unspecified atom stereocenters. The fourth-order valence-electron chi connectivity index (χ4n) is 0.888. The van der Waals surface area contributed by atoms with Crippen molar-refractivity contribution in [2.75, 3.05) is 6.61 Å². The molecule has 78 valence electrons. The monoisotopic (exact) mass is 194 g/mol. The van der Waals surface area contributed by atoms with Crippen molar-refractivity contribution >= 4 is 5.97 Å². The normalized spacial score (nSPS) is 8.64. The first-order valence-electron chi connectivity index (χ1n) is 4.97. The topological polar surface area (TPSA) is 26.3 Å². The van der Waals surface area contributed by atoms with Crippen molar-refractivity contribution in [3.63, 3.8) is 0 Å². The van der Waals surface area contributed by atoms with E-state index >= 15 is 0 Å². The zero-order valence-corrected chi connectivity index (χ0v) is 8.84. The van der Waals surface area contributed by atoms with Crippen LogP contribution in [0.4, 0.5) is 0 Å². The van der Waals surface area contributed by atoms with Crippen LogP contribution in [0.5, 0.6) is 0 Å². The molecule has 0 saturated carbocycles. The Hall–Kier alpha value is -1.23. The van der Waals surface area contributed by atoms with Crippen LogP contribution in [0.3, 0.4) is 0 Å². The fraction of sp³-hybridized carbons (Fsp3) is 0.583. The molecule has 0 spiro atoms. The lowest BCUT2D eigenvalue weighted by Gasteiger charge is -1.96. The lowest BCUT2D eigenvalue weighted by molar-refractivity contribution is -0.141. The second-order valence-electron chi connectivity index (χ2n) is 2.98. The van der Waals surface area contributed by atoms with E-state index in [0.29, 0.717) is 6.61 Å². The summed E-state index contributed by atoms with van der Waals surface area (Å²) >= 11 is 0. The SMILES string of the molecule is C=CCCCC#CCCCOC(C)=O. The molecule has 0 aromatic heterocycles. The van der Waals surface area contributed by atoms with Crippen molar-refractivity contribution in [3.8, 4) is 11.8 Å². The molecule has 14 heavy (non-hydrogen) atoms. The van der Waals surface area contributed by atoms with Gasteiger partial charge in [-0.25, -0.2) is 0 Å². The zero-order valence-electron chi connectivity index (χ0n) is 8.84. The third-order valence-corrected chi connectivity index (χ3v) is 1.59. The molecule has 2 heteroatoms. The van der Waals surface area contributed by atoms with E-state index in [1.807, 2.05) is 6.08 Å². The van der Waals surface area contributed by atoms with E-state index in [2.05, 4.69) is 18.4 Å². The van der Waals surface area contributed by atoms with Gasteiger partial charge in [-0.1, -0.05) is 6.08 Å². The van der Waals surface area contributed by atoms with E-state index in [1.165, 1.54) is 6.92 Å². The molecular formula is C12H18O2. The van der Waals surface area contributed by atoms with Gasteiger partial charge in [-0.2, -0.15) is 0 Å². The Bertz CT molecular complexity index is 220. The van der Waals surface area contributed by atoms with Crippen LogP contribution in [0.15, 0.2) is 12.7 Å². The molecule has 0 heterocycles. The maximum atomic E-state index is 10.4. The van der Waals surface area contributed by atoms with E-state index in [0.717, 1.165) is 32.1 Å². The fourth-order valence-corrected chi connectivity index (χ4v) is 0.888. The molecule has 0 aromatic carbocycles. The summed E-state index contributed by atoms with van der Waals surface area (Å²) in [6.07, 6.45) is 6.58. The highest BCUT2D eigenvalue weighted by Crippen LogP contribution is 1.94. The van der Waals surface area contributed by atoms with Gasteiger partial charge < -0.3 is 4.74 Å². The summed E-state index contributed by atoms with van der Waals surface area (Å²) in [6.45, 7) is 5.54. The van der Waals surface area contributed by atoms with Crippen molar-refractivity contribution in [2.24, 2.45) is 0 Å². The Morgan fingerprint density at radius 2 is 2.00 bits per heavy atom. The number of hydrogen-bond acceptors (Lipinski definition) is 2. The summed E-state index contributed by atoms with van der Waals surface area (Å²) in [4.78, 5) is 10.4. The molecular weight excluding hydrogens is 176 g/mol. The largest absolute Gasteiger partial charge is 0.466 e. The average molecular weight is 194 g/mol. The van der Waals surface area contributed by atoms with Gasteiger partial charge in [-0.05, 0) is 19.3 Å². The molecule has 2 nitrogen and oxygen atoms in total. The average Bonchev–Trinajstić information content (AvgIpc) is 2.15. The summed E-state index contributed by atoms with van der Waals surface area (Å²) < 4.78 is 4.77. The van der Waals surface area contributed by atoms with Gasteiger partial charge in [0.2, 0.25) is 0 Å². The second kappa shape index (κ2) is 9.85. The number of carbonyl (C=O) groups is 1. The second-order valence-corrected chi connectivity index (χ2v) is 2.98. The molecule has 0 amide bonds. The number of hydrogen-bond donors (Lipinski definition) is 0. The van der Waals surface area contributed by atoms with Crippen molar-refractivity contribution in [1.82, 2.24) is 0 Å². The molecule has 0 saturated heterocycles. The minimum Gasteiger partial charge on any atom is -0.466 e. The van der Waals surface area contributed by atoms with Gasteiger partial charge in [0, 0.05) is 19.8 Å². The van der Waals surface area contributed by atoms with Crippen molar-refractivity contribution in [2.45, 2.75) is 39.0 Å². The van der Waals surface area contributed by atoms with Crippen LogP contribution in [-0.4, -0.2) is 12.6 Å². The molecule has 0 aliphatic heterocycles. The summed E-state index contributed by atoms with van der Waals surface area (Å²) in [5.41, 5.74) is 0. The van der Waals surface area contributed by atoms with Crippen LogP contribution >= 0.6 is 0 Å². The van der Waals surface area contributed by atoms with E-state index in [4.69, 9.17) is 4.74 Å². The van der Waals surface area contributed by atoms with Crippen LogP contribution in [0.1, 0.15) is 39.0 Å². The predicted octanol–water partition coefficient (Wildman–Crippen LogP) is 2.69. The lowest BCUT2D eigenvalue weighted by atomic mass is 10.2. The summed E-state index contributed by atoms with van der Waals surface area (Å²) in [6, 6.07) is 0. The van der Waals surface area contributed by atoms with Crippen molar-refractivity contribution in [1.29, 1.82) is 0 Å². The minimum absolute atomic E-state index is 0.219. The molecule has 0 bridgehead atoms. The first-order chi connectivity index (χ1) is 6.77. The van der Waals surface area contributed by atoms with Crippen LogP contribution in [-0.2, 0) is 9.53 Å². The third kappa shape index (κ3) is 10.8. The molecule has 0 atom stereocenters. The van der Waals surface area contributed by atoms with Gasteiger partial charge in [0.25, 0.3) is 0 Å². The maximum absolute atomic E-state index is 10.4.